The van der Waals surface area contributed by atoms with Crippen molar-refractivity contribution in [3.05, 3.63) is 22.4 Å². The number of rotatable bonds is 2. The van der Waals surface area contributed by atoms with Crippen LogP contribution in [0.15, 0.2) is 17.5 Å². The van der Waals surface area contributed by atoms with Crippen molar-refractivity contribution in [3.8, 4) is 6.07 Å². The summed E-state index contributed by atoms with van der Waals surface area (Å²) in [6.07, 6.45) is 0. The number of carbonyl (C=O) groups excluding carboxylic acids is 1. The molecule has 0 aliphatic carbocycles. The Morgan fingerprint density at radius 1 is 1.69 bits per heavy atom. The molecule has 0 aromatic carbocycles. The smallest absolute Gasteiger partial charge is 0.319 e. The van der Waals surface area contributed by atoms with Gasteiger partial charge in [-0.05, 0) is 25.3 Å². The second-order valence-corrected chi connectivity index (χ2v) is 5.28. The predicted molar refractivity (Wildman–Crippen MR) is 62.0 cm³/mol. The van der Waals surface area contributed by atoms with E-state index in [2.05, 4.69) is 11.4 Å². The summed E-state index contributed by atoms with van der Waals surface area (Å²) in [5.74, 6) is 0. The van der Waals surface area contributed by atoms with E-state index in [0.717, 1.165) is 4.88 Å². The van der Waals surface area contributed by atoms with Gasteiger partial charge in [-0.3, -0.25) is 0 Å². The fourth-order valence-corrected chi connectivity index (χ4v) is 2.50. The highest BCUT2D eigenvalue weighted by Gasteiger charge is 2.39. The van der Waals surface area contributed by atoms with E-state index in [1.165, 1.54) is 0 Å². The van der Waals surface area contributed by atoms with E-state index in [0.29, 0.717) is 6.54 Å². The summed E-state index contributed by atoms with van der Waals surface area (Å²) in [5.41, 5.74) is -0.754. The Hall–Kier alpha value is -1.54. The Kier molecular flexibility index (Phi) is 2.60. The van der Waals surface area contributed by atoms with Gasteiger partial charge in [-0.1, -0.05) is 6.07 Å². The number of nitrogens with zero attached hydrogens (tertiary/aromatic N) is 2. The molecule has 84 valence electrons. The van der Waals surface area contributed by atoms with Crippen LogP contribution in [0.3, 0.4) is 0 Å². The molecule has 0 radical (unpaired) electrons. The molecule has 16 heavy (non-hydrogen) atoms. The van der Waals surface area contributed by atoms with Crippen molar-refractivity contribution < 1.29 is 4.79 Å². The van der Waals surface area contributed by atoms with Crippen molar-refractivity contribution in [2.24, 2.45) is 0 Å². The molecule has 1 N–H and O–H groups in total. The molecule has 1 saturated heterocycles. The molecule has 1 aliphatic heterocycles. The van der Waals surface area contributed by atoms with E-state index in [1.807, 2.05) is 17.5 Å². The molecule has 1 aliphatic rings. The zero-order chi connectivity index (χ0) is 11.8. The first-order chi connectivity index (χ1) is 7.54. The van der Waals surface area contributed by atoms with Gasteiger partial charge in [-0.15, -0.1) is 11.3 Å². The third-order valence-electron chi connectivity index (χ3n) is 2.74. The highest BCUT2D eigenvalue weighted by Crippen LogP contribution is 2.28. The zero-order valence-corrected chi connectivity index (χ0v) is 10.0. The standard InChI is InChI=1S/C11H13N3OS/c1-11(2,7-12)14-6-8(13-10(14)15)9-4-3-5-16-9/h3-5,8H,6H2,1-2H3,(H,13,15). The van der Waals surface area contributed by atoms with Gasteiger partial charge in [0.1, 0.15) is 5.54 Å². The summed E-state index contributed by atoms with van der Waals surface area (Å²) in [5, 5.41) is 13.9. The SMILES string of the molecule is CC(C)(C#N)N1CC(c2cccs2)NC1=O. The quantitative estimate of drug-likeness (QED) is 0.853. The van der Waals surface area contributed by atoms with Gasteiger partial charge in [0, 0.05) is 11.4 Å². The predicted octanol–water partition coefficient (Wildman–Crippen LogP) is 2.12. The topological polar surface area (TPSA) is 56.1 Å². The third kappa shape index (κ3) is 1.76. The summed E-state index contributed by atoms with van der Waals surface area (Å²) >= 11 is 1.62. The summed E-state index contributed by atoms with van der Waals surface area (Å²) in [4.78, 5) is 14.5. The Labute approximate surface area is 98.5 Å². The molecule has 2 rings (SSSR count). The van der Waals surface area contributed by atoms with Crippen molar-refractivity contribution in [2.45, 2.75) is 25.4 Å². The lowest BCUT2D eigenvalue weighted by Crippen LogP contribution is -2.44. The van der Waals surface area contributed by atoms with Gasteiger partial charge in [-0.25, -0.2) is 4.79 Å². The van der Waals surface area contributed by atoms with Gasteiger partial charge >= 0.3 is 6.03 Å². The van der Waals surface area contributed by atoms with Crippen molar-refractivity contribution in [3.63, 3.8) is 0 Å². The van der Waals surface area contributed by atoms with Crippen LogP contribution in [0, 0.1) is 11.3 Å². The van der Waals surface area contributed by atoms with Gasteiger partial charge in [0.05, 0.1) is 12.1 Å². The fourth-order valence-electron chi connectivity index (χ4n) is 1.73. The second kappa shape index (κ2) is 3.80. The summed E-state index contributed by atoms with van der Waals surface area (Å²) in [6, 6.07) is 5.96. The highest BCUT2D eigenvalue weighted by atomic mass is 32.1. The fraction of sp³-hybridized carbons (Fsp3) is 0.455. The van der Waals surface area contributed by atoms with Crippen molar-refractivity contribution in [1.29, 1.82) is 5.26 Å². The lowest BCUT2D eigenvalue weighted by molar-refractivity contribution is 0.186. The van der Waals surface area contributed by atoms with Gasteiger partial charge in [-0.2, -0.15) is 5.26 Å². The lowest BCUT2D eigenvalue weighted by Gasteiger charge is -2.27. The molecular formula is C11H13N3OS. The lowest BCUT2D eigenvalue weighted by atomic mass is 10.1. The van der Waals surface area contributed by atoms with E-state index in [-0.39, 0.29) is 12.1 Å². The monoisotopic (exact) mass is 235 g/mol. The zero-order valence-electron chi connectivity index (χ0n) is 9.23. The first-order valence-corrected chi connectivity index (χ1v) is 5.95. The molecule has 0 spiro atoms. The number of hydrogen-bond acceptors (Lipinski definition) is 3. The second-order valence-electron chi connectivity index (χ2n) is 4.30. The molecule has 1 aromatic rings. The van der Waals surface area contributed by atoms with Crippen molar-refractivity contribution >= 4 is 17.4 Å². The Balaban J connectivity index is 2.18. The molecule has 5 heteroatoms. The van der Waals surface area contributed by atoms with Crippen LogP contribution >= 0.6 is 11.3 Å². The van der Waals surface area contributed by atoms with Crippen LogP contribution in [-0.4, -0.2) is 23.0 Å². The van der Waals surface area contributed by atoms with Crippen LogP contribution in [0.4, 0.5) is 4.79 Å². The minimum atomic E-state index is -0.754. The average molecular weight is 235 g/mol. The van der Waals surface area contributed by atoms with Crippen LogP contribution in [0.1, 0.15) is 24.8 Å². The highest BCUT2D eigenvalue weighted by molar-refractivity contribution is 7.10. The first-order valence-electron chi connectivity index (χ1n) is 5.07. The number of nitriles is 1. The molecule has 0 bridgehead atoms. The van der Waals surface area contributed by atoms with E-state index >= 15 is 0 Å². The molecule has 2 amide bonds. The number of urea groups is 1. The minimum absolute atomic E-state index is 0.0140. The minimum Gasteiger partial charge on any atom is -0.329 e. The first kappa shape index (κ1) is 11.0. The Morgan fingerprint density at radius 3 is 3.00 bits per heavy atom. The van der Waals surface area contributed by atoms with E-state index < -0.39 is 5.54 Å². The molecule has 1 atom stereocenters. The van der Waals surface area contributed by atoms with Crippen LogP contribution in [0.5, 0.6) is 0 Å². The number of carbonyl (C=O) groups is 1. The van der Waals surface area contributed by atoms with E-state index in [4.69, 9.17) is 5.26 Å². The molecule has 1 aromatic heterocycles. The molecular weight excluding hydrogens is 222 g/mol. The maximum atomic E-state index is 11.8. The van der Waals surface area contributed by atoms with Gasteiger partial charge < -0.3 is 10.2 Å². The maximum absolute atomic E-state index is 11.8. The third-order valence-corrected chi connectivity index (χ3v) is 3.73. The summed E-state index contributed by atoms with van der Waals surface area (Å²) in [7, 11) is 0. The van der Waals surface area contributed by atoms with E-state index in [1.54, 1.807) is 30.1 Å². The van der Waals surface area contributed by atoms with Crippen LogP contribution < -0.4 is 5.32 Å². The number of amides is 2. The maximum Gasteiger partial charge on any atom is 0.319 e. The Morgan fingerprint density at radius 2 is 2.44 bits per heavy atom. The number of nitrogens with one attached hydrogen (secondary N) is 1. The average Bonchev–Trinajstić information content (AvgIpc) is 2.85. The molecule has 4 nitrogen and oxygen atoms in total. The Bertz CT molecular complexity index is 433. The summed E-state index contributed by atoms with van der Waals surface area (Å²) < 4.78 is 0. The van der Waals surface area contributed by atoms with Crippen LogP contribution in [0.2, 0.25) is 0 Å². The van der Waals surface area contributed by atoms with Crippen LogP contribution in [0.25, 0.3) is 0 Å². The normalized spacial score (nSPS) is 20.7. The van der Waals surface area contributed by atoms with Gasteiger partial charge in [0.25, 0.3) is 0 Å². The molecule has 2 heterocycles. The molecule has 1 fully saturated rings. The number of hydrogen-bond donors (Lipinski definition) is 1. The number of thiophene rings is 1. The van der Waals surface area contributed by atoms with Crippen molar-refractivity contribution in [1.82, 2.24) is 10.2 Å². The van der Waals surface area contributed by atoms with Gasteiger partial charge in [0.2, 0.25) is 0 Å². The summed E-state index contributed by atoms with van der Waals surface area (Å²) in [6.45, 7) is 4.06. The largest absolute Gasteiger partial charge is 0.329 e. The molecule has 1 unspecified atom stereocenters. The van der Waals surface area contributed by atoms with Crippen molar-refractivity contribution in [2.75, 3.05) is 6.54 Å². The van der Waals surface area contributed by atoms with Gasteiger partial charge in [0.15, 0.2) is 0 Å². The van der Waals surface area contributed by atoms with E-state index in [9.17, 15) is 4.79 Å². The molecule has 0 saturated carbocycles. The van der Waals surface area contributed by atoms with Crippen LogP contribution in [-0.2, 0) is 0 Å².